The van der Waals surface area contributed by atoms with E-state index in [1.54, 1.807) is 0 Å². The van der Waals surface area contributed by atoms with E-state index in [9.17, 15) is 26.4 Å². The molecule has 2 heterocycles. The van der Waals surface area contributed by atoms with Gasteiger partial charge in [-0.3, -0.25) is 4.79 Å². The van der Waals surface area contributed by atoms with E-state index in [1.807, 2.05) is 30.3 Å². The Morgan fingerprint density at radius 1 is 0.969 bits per heavy atom. The van der Waals surface area contributed by atoms with Crippen LogP contribution in [-0.4, -0.2) is 54.7 Å². The van der Waals surface area contributed by atoms with E-state index in [0.29, 0.717) is 16.0 Å². The maximum absolute atomic E-state index is 13.0. The smallest absolute Gasteiger partial charge is 0.335 e. The van der Waals surface area contributed by atoms with Gasteiger partial charge in [0.1, 0.15) is 9.88 Å². The van der Waals surface area contributed by atoms with Gasteiger partial charge in [0.05, 0.1) is 16.7 Å². The van der Waals surface area contributed by atoms with Gasteiger partial charge >= 0.3 is 6.18 Å². The number of carbonyl (C=O) groups excluding carboxylic acids is 1. The van der Waals surface area contributed by atoms with Crippen LogP contribution in [0.15, 0.2) is 65.7 Å². The van der Waals surface area contributed by atoms with Crippen LogP contribution in [0.2, 0.25) is 0 Å². The number of carbonyl (C=O) groups is 1. The molecule has 0 aliphatic carbocycles. The molecule has 0 spiro atoms. The van der Waals surface area contributed by atoms with Crippen molar-refractivity contribution in [3.8, 4) is 10.6 Å². The highest BCUT2D eigenvalue weighted by Crippen LogP contribution is 2.31. The molecule has 2 aromatic carbocycles. The Kier molecular flexibility index (Phi) is 6.06. The van der Waals surface area contributed by atoms with Crippen molar-refractivity contribution in [3.63, 3.8) is 0 Å². The summed E-state index contributed by atoms with van der Waals surface area (Å²) >= 11 is 1.25. The minimum atomic E-state index is -4.63. The van der Waals surface area contributed by atoms with E-state index >= 15 is 0 Å². The van der Waals surface area contributed by atoms with Crippen LogP contribution >= 0.6 is 11.3 Å². The van der Waals surface area contributed by atoms with Gasteiger partial charge in [0.25, 0.3) is 5.91 Å². The molecule has 0 radical (unpaired) electrons. The van der Waals surface area contributed by atoms with Gasteiger partial charge in [-0.25, -0.2) is 13.4 Å². The summed E-state index contributed by atoms with van der Waals surface area (Å²) in [6, 6.07) is 13.1. The van der Waals surface area contributed by atoms with Crippen LogP contribution in [0, 0.1) is 0 Å². The molecule has 1 aliphatic rings. The zero-order valence-electron chi connectivity index (χ0n) is 16.6. The van der Waals surface area contributed by atoms with Crippen molar-refractivity contribution in [1.29, 1.82) is 0 Å². The van der Waals surface area contributed by atoms with Gasteiger partial charge in [0.15, 0.2) is 0 Å². The zero-order valence-corrected chi connectivity index (χ0v) is 18.3. The monoisotopic (exact) mass is 481 g/mol. The molecule has 1 saturated heterocycles. The number of alkyl halides is 3. The molecule has 11 heteroatoms. The lowest BCUT2D eigenvalue weighted by Crippen LogP contribution is -2.50. The summed E-state index contributed by atoms with van der Waals surface area (Å²) in [4.78, 5) is 18.7. The van der Waals surface area contributed by atoms with Gasteiger partial charge in [-0.05, 0) is 18.2 Å². The second kappa shape index (κ2) is 8.64. The van der Waals surface area contributed by atoms with Crippen molar-refractivity contribution in [3.05, 3.63) is 71.2 Å². The number of hydrogen-bond acceptors (Lipinski definition) is 5. The molecule has 0 bridgehead atoms. The van der Waals surface area contributed by atoms with E-state index < -0.39 is 26.7 Å². The molecule has 3 aromatic rings. The number of nitrogens with zero attached hydrogens (tertiary/aromatic N) is 3. The van der Waals surface area contributed by atoms with Crippen molar-refractivity contribution < 1.29 is 26.4 Å². The van der Waals surface area contributed by atoms with Gasteiger partial charge in [-0.2, -0.15) is 17.5 Å². The number of benzene rings is 2. The van der Waals surface area contributed by atoms with Crippen molar-refractivity contribution >= 4 is 27.3 Å². The summed E-state index contributed by atoms with van der Waals surface area (Å²) < 4.78 is 65.6. The van der Waals surface area contributed by atoms with Crippen molar-refractivity contribution in [2.45, 2.75) is 11.1 Å². The molecular formula is C21H18F3N3O3S2. The molecule has 0 atom stereocenters. The van der Waals surface area contributed by atoms with Crippen molar-refractivity contribution in [2.75, 3.05) is 26.2 Å². The highest BCUT2D eigenvalue weighted by atomic mass is 32.2. The Hall–Kier alpha value is -2.76. The maximum atomic E-state index is 13.0. The summed E-state index contributed by atoms with van der Waals surface area (Å²) in [6.07, 6.45) is -3.13. The first-order valence-electron chi connectivity index (χ1n) is 9.64. The molecule has 0 saturated carbocycles. The van der Waals surface area contributed by atoms with E-state index in [4.69, 9.17) is 0 Å². The molecule has 6 nitrogen and oxygen atoms in total. The molecule has 168 valence electrons. The van der Waals surface area contributed by atoms with Crippen LogP contribution in [0.5, 0.6) is 0 Å². The second-order valence-electron chi connectivity index (χ2n) is 7.12. The molecule has 32 heavy (non-hydrogen) atoms. The maximum Gasteiger partial charge on any atom is 0.416 e. The minimum Gasteiger partial charge on any atom is -0.335 e. The predicted molar refractivity (Wildman–Crippen MR) is 114 cm³/mol. The van der Waals surface area contributed by atoms with Crippen molar-refractivity contribution in [1.82, 2.24) is 14.2 Å². The lowest BCUT2D eigenvalue weighted by Gasteiger charge is -2.33. The number of aromatic nitrogens is 1. The fraction of sp³-hybridized carbons (Fsp3) is 0.238. The summed E-state index contributed by atoms with van der Waals surface area (Å²) in [6.45, 7) is 0.258. The van der Waals surface area contributed by atoms with Crippen molar-refractivity contribution in [2.24, 2.45) is 0 Å². The Labute approximate surface area is 187 Å². The molecular weight excluding hydrogens is 463 g/mol. The largest absolute Gasteiger partial charge is 0.416 e. The van der Waals surface area contributed by atoms with Crippen LogP contribution in [-0.2, 0) is 16.2 Å². The zero-order chi connectivity index (χ0) is 22.9. The predicted octanol–water partition coefficient (Wildman–Crippen LogP) is 3.98. The number of piperazine rings is 1. The van der Waals surface area contributed by atoms with Crippen LogP contribution in [0.4, 0.5) is 13.2 Å². The molecule has 1 amide bonds. The third-order valence-corrected chi connectivity index (χ3v) is 7.99. The molecule has 0 N–H and O–H groups in total. The van der Waals surface area contributed by atoms with E-state index in [1.165, 1.54) is 22.4 Å². The fourth-order valence-corrected chi connectivity index (χ4v) is 5.71. The average molecular weight is 482 g/mol. The molecule has 0 unspecified atom stereocenters. The Morgan fingerprint density at radius 2 is 1.66 bits per heavy atom. The normalized spacial score (nSPS) is 15.7. The number of rotatable bonds is 4. The molecule has 1 aromatic heterocycles. The minimum absolute atomic E-state index is 0.00529. The first-order chi connectivity index (χ1) is 15.2. The summed E-state index contributed by atoms with van der Waals surface area (Å²) in [5, 5.41) is 0.708. The SMILES string of the molecule is O=C(c1cnc(-c2ccccc2)s1)N1CCN(S(=O)(=O)c2cccc(C(F)(F)F)c2)CC1. The number of sulfonamides is 1. The first kappa shape index (κ1) is 22.4. The molecule has 1 aliphatic heterocycles. The third kappa shape index (κ3) is 4.54. The van der Waals surface area contributed by atoms with Gasteiger partial charge in [-0.1, -0.05) is 36.4 Å². The van der Waals surface area contributed by atoms with Gasteiger partial charge in [0.2, 0.25) is 10.0 Å². The van der Waals surface area contributed by atoms with Gasteiger partial charge in [0, 0.05) is 31.7 Å². The lowest BCUT2D eigenvalue weighted by molar-refractivity contribution is -0.137. The summed E-state index contributed by atoms with van der Waals surface area (Å²) in [7, 11) is -4.10. The number of amides is 1. The quantitative estimate of drug-likeness (QED) is 0.565. The van der Waals surface area contributed by atoms with Crippen LogP contribution < -0.4 is 0 Å². The Bertz CT molecular complexity index is 1220. The lowest BCUT2D eigenvalue weighted by atomic mass is 10.2. The molecule has 1 fully saturated rings. The standard InChI is InChI=1S/C21H18F3N3O3S2/c22-21(23,24)16-7-4-8-17(13-16)32(29,30)27-11-9-26(10-12-27)20(28)18-14-25-19(31-18)15-5-2-1-3-6-15/h1-8,13-14H,9-12H2. The topological polar surface area (TPSA) is 70.6 Å². The van der Waals surface area contributed by atoms with E-state index in [2.05, 4.69) is 4.98 Å². The van der Waals surface area contributed by atoms with Crippen LogP contribution in [0.1, 0.15) is 15.2 Å². The first-order valence-corrected chi connectivity index (χ1v) is 11.9. The summed E-state index contributed by atoms with van der Waals surface area (Å²) in [5.74, 6) is -0.249. The number of hydrogen-bond donors (Lipinski definition) is 0. The fourth-order valence-electron chi connectivity index (χ4n) is 3.36. The number of thiazole rings is 1. The average Bonchev–Trinajstić information content (AvgIpc) is 3.29. The second-order valence-corrected chi connectivity index (χ2v) is 10.1. The number of halogens is 3. The Morgan fingerprint density at radius 3 is 2.31 bits per heavy atom. The van der Waals surface area contributed by atoms with Gasteiger partial charge in [-0.15, -0.1) is 11.3 Å². The summed E-state index contributed by atoms with van der Waals surface area (Å²) in [5.41, 5.74) is -0.125. The highest BCUT2D eigenvalue weighted by molar-refractivity contribution is 7.89. The Balaban J connectivity index is 1.44. The van der Waals surface area contributed by atoms with Crippen LogP contribution in [0.25, 0.3) is 10.6 Å². The van der Waals surface area contributed by atoms with Crippen LogP contribution in [0.3, 0.4) is 0 Å². The van der Waals surface area contributed by atoms with E-state index in [-0.39, 0.29) is 32.1 Å². The van der Waals surface area contributed by atoms with E-state index in [0.717, 1.165) is 28.1 Å². The third-order valence-electron chi connectivity index (χ3n) is 5.06. The highest BCUT2D eigenvalue weighted by Gasteiger charge is 2.34. The van der Waals surface area contributed by atoms with Gasteiger partial charge < -0.3 is 4.90 Å². The molecule has 4 rings (SSSR count).